The summed E-state index contributed by atoms with van der Waals surface area (Å²) in [5.74, 6) is 0.200. The molecule has 1 fully saturated rings. The van der Waals surface area contributed by atoms with Crippen molar-refractivity contribution in [3.63, 3.8) is 0 Å². The highest BCUT2D eigenvalue weighted by Crippen LogP contribution is 2.45. The average Bonchev–Trinajstić information content (AvgIpc) is 3.56. The Labute approximate surface area is 374 Å². The summed E-state index contributed by atoms with van der Waals surface area (Å²) in [4.78, 5) is 4.92. The lowest BCUT2D eigenvalue weighted by molar-refractivity contribution is -0.0435. The molecule has 0 bridgehead atoms. The van der Waals surface area contributed by atoms with Crippen molar-refractivity contribution in [2.45, 2.75) is 47.0 Å². The Morgan fingerprint density at radius 1 is 0.790 bits per heavy atom. The van der Waals surface area contributed by atoms with E-state index >= 15 is 4.39 Å². The van der Waals surface area contributed by atoms with Crippen LogP contribution in [-0.2, 0) is 9.84 Å². The lowest BCUT2D eigenvalue weighted by Crippen LogP contribution is -2.46. The minimum atomic E-state index is -5.62. The second-order valence-electron chi connectivity index (χ2n) is 15.0. The number of anilines is 5. The smallest absolute Gasteiger partial charge is 0.386 e. The van der Waals surface area contributed by atoms with E-state index in [0.29, 0.717) is 47.5 Å². The van der Waals surface area contributed by atoms with Crippen LogP contribution in [0.25, 0.3) is 22.4 Å². The summed E-state index contributed by atoms with van der Waals surface area (Å²) in [6, 6.07) is 34.3. The number of sulfone groups is 1. The van der Waals surface area contributed by atoms with Gasteiger partial charge in [0.2, 0.25) is 0 Å². The highest BCUT2D eigenvalue weighted by Gasteiger charge is 2.48. The molecule has 326 valence electrons. The largest absolute Gasteiger partial charge is 0.501 e. The highest BCUT2D eigenvalue weighted by atomic mass is 35.5. The third kappa shape index (κ3) is 9.96. The summed E-state index contributed by atoms with van der Waals surface area (Å²) in [5, 5.41) is 6.91. The molecule has 8 nitrogen and oxygen atoms in total. The van der Waals surface area contributed by atoms with Crippen LogP contribution in [0, 0.1) is 12.7 Å². The van der Waals surface area contributed by atoms with Crippen molar-refractivity contribution in [1.82, 2.24) is 4.57 Å². The molecule has 1 aliphatic rings. The molecule has 0 saturated carbocycles. The molecule has 0 atom stereocenters. The molecule has 0 spiro atoms. The first-order chi connectivity index (χ1) is 29.6. The first-order valence-electron chi connectivity index (χ1n) is 20.0. The molecule has 0 amide bonds. The Balaban J connectivity index is 1.01. The Morgan fingerprint density at radius 2 is 1.45 bits per heavy atom. The summed E-state index contributed by atoms with van der Waals surface area (Å²) < 4.78 is 87.5. The maximum atomic E-state index is 15.6. The van der Waals surface area contributed by atoms with Gasteiger partial charge in [0.05, 0.1) is 17.1 Å². The molecule has 1 saturated heterocycles. The zero-order valence-electron chi connectivity index (χ0n) is 34.6. The standard InChI is InChI=1S/C46H47ClF4N6O2S3/c1-30(2)57-31(3)44(52-4)43(45(57)32-10-12-34(47)13-11-32)33-26-35(48)28-38(27-33)56-23-21-55(22-24-56)37-16-14-36(15-17-37)54-61-40-18-19-41(42(29-40)62(58,59)46(49,50)51)53-20-25-60-39-8-6-5-7-9-39/h5-19,26-30,52-54H,20-25H2,1-4H3. The van der Waals surface area contributed by atoms with Crippen molar-refractivity contribution in [3.05, 3.63) is 132 Å². The second-order valence-corrected chi connectivity index (χ2v) is 19.4. The van der Waals surface area contributed by atoms with Gasteiger partial charge in [-0.15, -0.1) is 11.8 Å². The van der Waals surface area contributed by atoms with Crippen LogP contribution in [-0.4, -0.2) is 64.0 Å². The fourth-order valence-corrected chi connectivity index (χ4v) is 10.4. The summed E-state index contributed by atoms with van der Waals surface area (Å²) >= 11 is 8.80. The third-order valence-corrected chi connectivity index (χ3v) is 14.3. The van der Waals surface area contributed by atoms with E-state index in [1.54, 1.807) is 18.2 Å². The van der Waals surface area contributed by atoms with E-state index in [4.69, 9.17) is 11.6 Å². The summed E-state index contributed by atoms with van der Waals surface area (Å²) in [6.07, 6.45) is 0. The lowest BCUT2D eigenvalue weighted by atomic mass is 9.98. The molecule has 7 rings (SSSR count). The van der Waals surface area contributed by atoms with Gasteiger partial charge in [-0.25, -0.2) is 12.8 Å². The number of hydrogen-bond donors (Lipinski definition) is 3. The predicted octanol–water partition coefficient (Wildman–Crippen LogP) is 12.5. The fraction of sp³-hybridized carbons (Fsp3) is 0.261. The van der Waals surface area contributed by atoms with Gasteiger partial charge in [-0.2, -0.15) is 13.2 Å². The van der Waals surface area contributed by atoms with E-state index in [1.807, 2.05) is 85.9 Å². The van der Waals surface area contributed by atoms with Crippen molar-refractivity contribution >= 4 is 73.6 Å². The number of benzene rings is 5. The van der Waals surface area contributed by atoms with Gasteiger partial charge >= 0.3 is 5.51 Å². The zero-order valence-corrected chi connectivity index (χ0v) is 37.8. The molecule has 0 radical (unpaired) electrons. The molecule has 1 aliphatic heterocycles. The summed E-state index contributed by atoms with van der Waals surface area (Å²) in [7, 11) is -3.73. The normalized spacial score (nSPS) is 13.5. The van der Waals surface area contributed by atoms with Crippen molar-refractivity contribution < 1.29 is 26.0 Å². The van der Waals surface area contributed by atoms with Crippen molar-refractivity contribution in [2.24, 2.45) is 0 Å². The van der Waals surface area contributed by atoms with Crippen LogP contribution in [0.15, 0.2) is 130 Å². The summed E-state index contributed by atoms with van der Waals surface area (Å²) in [6.45, 7) is 9.31. The molecular formula is C46H47ClF4N6O2S3. The fourth-order valence-electron chi connectivity index (χ4n) is 7.74. The first-order valence-corrected chi connectivity index (χ1v) is 23.7. The Bertz CT molecular complexity index is 2600. The van der Waals surface area contributed by atoms with Gasteiger partial charge in [0.15, 0.2) is 0 Å². The van der Waals surface area contributed by atoms with E-state index in [-0.39, 0.29) is 24.1 Å². The molecule has 1 aromatic heterocycles. The molecule has 62 heavy (non-hydrogen) atoms. The van der Waals surface area contributed by atoms with E-state index in [9.17, 15) is 21.6 Å². The number of hydrogen-bond acceptors (Lipinski definition) is 9. The molecule has 0 aliphatic carbocycles. The SMILES string of the molecule is CNc1c(-c2cc(F)cc(N3CCN(c4ccc(NSc5ccc(NCCSc6ccccc6)c(S(=O)(=O)C(F)(F)F)c5)cc4)CC3)c2)c(-c2ccc(Cl)cc2)n(C(C)C)c1C. The zero-order chi connectivity index (χ0) is 44.2. The number of nitrogens with one attached hydrogen (secondary N) is 3. The summed E-state index contributed by atoms with van der Waals surface area (Å²) in [5.41, 5.74) is 2.58. The minimum absolute atomic E-state index is 0.106. The number of alkyl halides is 3. The van der Waals surface area contributed by atoms with Gasteiger partial charge in [-0.3, -0.25) is 0 Å². The third-order valence-electron chi connectivity index (χ3n) is 10.6. The van der Waals surface area contributed by atoms with Gasteiger partial charge in [0.1, 0.15) is 10.7 Å². The van der Waals surface area contributed by atoms with Gasteiger partial charge in [-0.1, -0.05) is 41.9 Å². The number of halogens is 5. The van der Waals surface area contributed by atoms with E-state index in [1.165, 1.54) is 17.8 Å². The van der Waals surface area contributed by atoms with Crippen molar-refractivity contribution in [1.29, 1.82) is 0 Å². The number of rotatable bonds is 15. The Morgan fingerprint density at radius 3 is 2.08 bits per heavy atom. The molecule has 2 heterocycles. The molecule has 16 heteroatoms. The Hall–Kier alpha value is -4.96. The van der Waals surface area contributed by atoms with Crippen molar-refractivity contribution in [3.8, 4) is 22.4 Å². The van der Waals surface area contributed by atoms with Gasteiger partial charge < -0.3 is 29.7 Å². The monoisotopic (exact) mass is 922 g/mol. The number of nitrogens with zero attached hydrogens (tertiary/aromatic N) is 3. The highest BCUT2D eigenvalue weighted by molar-refractivity contribution is 8.00. The minimum Gasteiger partial charge on any atom is -0.386 e. The maximum Gasteiger partial charge on any atom is 0.501 e. The maximum absolute atomic E-state index is 15.6. The topological polar surface area (TPSA) is 81.6 Å². The van der Waals surface area contributed by atoms with Crippen LogP contribution >= 0.6 is 35.3 Å². The Kier molecular flexibility index (Phi) is 14.0. The van der Waals surface area contributed by atoms with Gasteiger partial charge in [-0.05, 0) is 129 Å². The number of thioether (sulfide) groups is 1. The molecule has 0 unspecified atom stereocenters. The number of aromatic nitrogens is 1. The van der Waals surface area contributed by atoms with Crippen LogP contribution in [0.2, 0.25) is 5.02 Å². The van der Waals surface area contributed by atoms with Crippen LogP contribution in [0.3, 0.4) is 0 Å². The predicted molar refractivity (Wildman–Crippen MR) is 251 cm³/mol. The van der Waals surface area contributed by atoms with E-state index in [0.717, 1.165) is 68.1 Å². The lowest BCUT2D eigenvalue weighted by Gasteiger charge is -2.37. The molecule has 5 aromatic carbocycles. The van der Waals surface area contributed by atoms with Gasteiger partial charge in [0, 0.05) is 94.7 Å². The van der Waals surface area contributed by atoms with E-state index < -0.39 is 20.2 Å². The van der Waals surface area contributed by atoms with Gasteiger partial charge in [0.25, 0.3) is 9.84 Å². The average molecular weight is 924 g/mol. The number of piperazine rings is 1. The van der Waals surface area contributed by atoms with Crippen LogP contribution in [0.1, 0.15) is 25.6 Å². The molecule has 6 aromatic rings. The second kappa shape index (κ2) is 19.2. The molecule has 3 N–H and O–H groups in total. The van der Waals surface area contributed by atoms with E-state index in [2.05, 4.69) is 56.6 Å². The van der Waals surface area contributed by atoms with Crippen LogP contribution < -0.4 is 25.2 Å². The quantitative estimate of drug-likeness (QED) is 0.0404. The van der Waals surface area contributed by atoms with Crippen LogP contribution in [0.5, 0.6) is 0 Å². The molecular weight excluding hydrogens is 876 g/mol. The first kappa shape index (κ1) is 45.1. The van der Waals surface area contributed by atoms with Crippen molar-refractivity contribution in [2.75, 3.05) is 70.7 Å². The van der Waals surface area contributed by atoms with Crippen LogP contribution in [0.4, 0.5) is 46.0 Å².